The zero-order valence-corrected chi connectivity index (χ0v) is 13.0. The average molecular weight is 292 g/mol. The van der Waals surface area contributed by atoms with E-state index in [1.54, 1.807) is 7.11 Å². The fourth-order valence-electron chi connectivity index (χ4n) is 2.51. The number of hydrogen-bond acceptors (Lipinski definition) is 4. The summed E-state index contributed by atoms with van der Waals surface area (Å²) in [6.07, 6.45) is 5.95. The predicted octanol–water partition coefficient (Wildman–Crippen LogP) is 1.25. The molecule has 1 heterocycles. The van der Waals surface area contributed by atoms with Gasteiger partial charge in [0.15, 0.2) is 0 Å². The fraction of sp³-hybridized carbons (Fsp3) is 1.00. The third-order valence-electron chi connectivity index (χ3n) is 3.50. The summed E-state index contributed by atoms with van der Waals surface area (Å²) in [5, 5.41) is 3.38. The summed E-state index contributed by atoms with van der Waals surface area (Å²) >= 11 is 0. The molecule has 1 saturated heterocycles. The third-order valence-corrected chi connectivity index (χ3v) is 4.96. The van der Waals surface area contributed by atoms with Gasteiger partial charge in [-0.15, -0.1) is 0 Å². The molecule has 0 aromatic carbocycles. The maximum atomic E-state index is 12.0. The maximum Gasteiger partial charge on any atom is 0.211 e. The summed E-state index contributed by atoms with van der Waals surface area (Å²) in [7, 11) is -1.59. The predicted molar refractivity (Wildman–Crippen MR) is 77.8 cm³/mol. The van der Waals surface area contributed by atoms with Crippen LogP contribution in [-0.4, -0.2) is 46.5 Å². The van der Waals surface area contributed by atoms with Crippen molar-refractivity contribution in [2.75, 3.05) is 26.0 Å². The highest BCUT2D eigenvalue weighted by Crippen LogP contribution is 2.11. The Labute approximate surface area is 117 Å². The standard InChI is InChI=1S/C13H28N2O3S/c1-3-6-13(11-18-2)15-19(16,17)10-8-12-7-4-5-9-14-12/h12-15H,3-11H2,1-2H3. The van der Waals surface area contributed by atoms with Crippen molar-refractivity contribution in [3.05, 3.63) is 0 Å². The maximum absolute atomic E-state index is 12.0. The van der Waals surface area contributed by atoms with Crippen LogP contribution in [0.15, 0.2) is 0 Å². The quantitative estimate of drug-likeness (QED) is 0.671. The lowest BCUT2D eigenvalue weighted by Gasteiger charge is -2.24. The second-order valence-electron chi connectivity index (χ2n) is 5.31. The van der Waals surface area contributed by atoms with Crippen LogP contribution in [0.5, 0.6) is 0 Å². The van der Waals surface area contributed by atoms with Gasteiger partial charge in [0.25, 0.3) is 0 Å². The molecule has 1 rings (SSSR count). The number of ether oxygens (including phenoxy) is 1. The van der Waals surface area contributed by atoms with Crippen LogP contribution in [0.2, 0.25) is 0 Å². The zero-order valence-electron chi connectivity index (χ0n) is 12.2. The molecule has 5 nitrogen and oxygen atoms in total. The van der Waals surface area contributed by atoms with E-state index in [9.17, 15) is 8.42 Å². The molecular weight excluding hydrogens is 264 g/mol. The molecule has 0 radical (unpaired) electrons. The first-order valence-corrected chi connectivity index (χ1v) is 8.95. The van der Waals surface area contributed by atoms with Crippen molar-refractivity contribution in [3.8, 4) is 0 Å². The van der Waals surface area contributed by atoms with E-state index in [1.807, 2.05) is 6.92 Å². The molecule has 2 atom stereocenters. The van der Waals surface area contributed by atoms with Gasteiger partial charge >= 0.3 is 0 Å². The van der Waals surface area contributed by atoms with Crippen LogP contribution in [0.25, 0.3) is 0 Å². The molecule has 1 aliphatic rings. The lowest BCUT2D eigenvalue weighted by molar-refractivity contribution is 0.171. The first-order chi connectivity index (χ1) is 9.07. The molecule has 2 unspecified atom stereocenters. The molecule has 1 fully saturated rings. The van der Waals surface area contributed by atoms with Crippen molar-refractivity contribution in [1.29, 1.82) is 0 Å². The van der Waals surface area contributed by atoms with Gasteiger partial charge in [0.05, 0.1) is 12.4 Å². The molecule has 0 aromatic rings. The van der Waals surface area contributed by atoms with E-state index in [1.165, 1.54) is 12.8 Å². The van der Waals surface area contributed by atoms with Crippen molar-refractivity contribution >= 4 is 10.0 Å². The number of nitrogens with one attached hydrogen (secondary N) is 2. The van der Waals surface area contributed by atoms with Gasteiger partial charge in [0.1, 0.15) is 0 Å². The lowest BCUT2D eigenvalue weighted by atomic mass is 10.0. The van der Waals surface area contributed by atoms with E-state index in [0.717, 1.165) is 25.8 Å². The molecule has 0 amide bonds. The normalized spacial score (nSPS) is 22.3. The summed E-state index contributed by atoms with van der Waals surface area (Å²) in [4.78, 5) is 0. The minimum atomic E-state index is -3.19. The van der Waals surface area contributed by atoms with Crippen LogP contribution >= 0.6 is 0 Å². The largest absolute Gasteiger partial charge is 0.383 e. The minimum Gasteiger partial charge on any atom is -0.383 e. The van der Waals surface area contributed by atoms with Gasteiger partial charge < -0.3 is 10.1 Å². The lowest BCUT2D eigenvalue weighted by Crippen LogP contribution is -2.41. The van der Waals surface area contributed by atoms with Crippen LogP contribution in [0.4, 0.5) is 0 Å². The summed E-state index contributed by atoms with van der Waals surface area (Å²) in [5.41, 5.74) is 0. The first-order valence-electron chi connectivity index (χ1n) is 7.29. The molecule has 0 aliphatic carbocycles. The summed E-state index contributed by atoms with van der Waals surface area (Å²) in [6, 6.07) is 0.261. The monoisotopic (exact) mass is 292 g/mol. The SMILES string of the molecule is CCCC(COC)NS(=O)(=O)CCC1CCCCN1. The van der Waals surface area contributed by atoms with Gasteiger partial charge in [-0.1, -0.05) is 19.8 Å². The Balaban J connectivity index is 2.36. The van der Waals surface area contributed by atoms with Gasteiger partial charge in [-0.05, 0) is 32.2 Å². The van der Waals surface area contributed by atoms with Crippen LogP contribution < -0.4 is 10.0 Å². The molecule has 0 aromatic heterocycles. The minimum absolute atomic E-state index is 0.0979. The van der Waals surface area contributed by atoms with Crippen molar-refractivity contribution < 1.29 is 13.2 Å². The van der Waals surface area contributed by atoms with E-state index in [-0.39, 0.29) is 11.8 Å². The van der Waals surface area contributed by atoms with Gasteiger partial charge in [0.2, 0.25) is 10.0 Å². The molecule has 19 heavy (non-hydrogen) atoms. The molecule has 0 saturated carbocycles. The highest BCUT2D eigenvalue weighted by atomic mass is 32.2. The Kier molecular flexibility index (Phi) is 7.90. The van der Waals surface area contributed by atoms with Gasteiger partial charge in [-0.2, -0.15) is 0 Å². The van der Waals surface area contributed by atoms with Crippen LogP contribution in [0.3, 0.4) is 0 Å². The van der Waals surface area contributed by atoms with Crippen molar-refractivity contribution in [2.24, 2.45) is 0 Å². The molecule has 114 valence electrons. The number of sulfonamides is 1. The van der Waals surface area contributed by atoms with E-state index < -0.39 is 10.0 Å². The molecule has 0 spiro atoms. The number of piperidine rings is 1. The van der Waals surface area contributed by atoms with E-state index >= 15 is 0 Å². The molecule has 6 heteroatoms. The Hall–Kier alpha value is -0.170. The number of hydrogen-bond donors (Lipinski definition) is 2. The van der Waals surface area contributed by atoms with Gasteiger partial charge in [-0.25, -0.2) is 13.1 Å². The summed E-state index contributed by atoms with van der Waals surface area (Å²) in [5.74, 6) is 0.203. The van der Waals surface area contributed by atoms with Crippen molar-refractivity contribution in [2.45, 2.75) is 57.5 Å². The average Bonchev–Trinajstić information content (AvgIpc) is 2.38. The highest BCUT2D eigenvalue weighted by molar-refractivity contribution is 7.89. The number of methoxy groups -OCH3 is 1. The Morgan fingerprint density at radius 2 is 2.21 bits per heavy atom. The second kappa shape index (κ2) is 8.89. The highest BCUT2D eigenvalue weighted by Gasteiger charge is 2.20. The summed E-state index contributed by atoms with van der Waals surface area (Å²) < 4.78 is 31.9. The van der Waals surface area contributed by atoms with Crippen LogP contribution in [-0.2, 0) is 14.8 Å². The van der Waals surface area contributed by atoms with Gasteiger partial charge in [-0.3, -0.25) is 0 Å². The van der Waals surface area contributed by atoms with Crippen molar-refractivity contribution in [1.82, 2.24) is 10.0 Å². The Morgan fingerprint density at radius 1 is 1.42 bits per heavy atom. The van der Waals surface area contributed by atoms with Crippen LogP contribution in [0, 0.1) is 0 Å². The van der Waals surface area contributed by atoms with E-state index in [0.29, 0.717) is 19.1 Å². The van der Waals surface area contributed by atoms with Gasteiger partial charge in [0, 0.05) is 19.2 Å². The molecule has 0 bridgehead atoms. The fourth-order valence-corrected chi connectivity index (χ4v) is 3.91. The van der Waals surface area contributed by atoms with Crippen molar-refractivity contribution in [3.63, 3.8) is 0 Å². The Morgan fingerprint density at radius 3 is 2.79 bits per heavy atom. The first kappa shape index (κ1) is 16.9. The molecule has 1 aliphatic heterocycles. The smallest absolute Gasteiger partial charge is 0.211 e. The topological polar surface area (TPSA) is 67.4 Å². The second-order valence-corrected chi connectivity index (χ2v) is 7.19. The zero-order chi connectivity index (χ0) is 14.1. The Bertz CT molecular complexity index is 321. The van der Waals surface area contributed by atoms with E-state index in [4.69, 9.17) is 4.74 Å². The number of rotatable bonds is 9. The molecular formula is C13H28N2O3S. The third kappa shape index (κ3) is 7.25. The molecule has 2 N–H and O–H groups in total. The van der Waals surface area contributed by atoms with E-state index in [2.05, 4.69) is 10.0 Å². The van der Waals surface area contributed by atoms with Crippen LogP contribution in [0.1, 0.15) is 45.4 Å². The summed E-state index contributed by atoms with van der Waals surface area (Å²) in [6.45, 7) is 3.50.